The van der Waals surface area contributed by atoms with E-state index in [1.54, 1.807) is 49.4 Å². The molecule has 1 saturated heterocycles. The van der Waals surface area contributed by atoms with Crippen LogP contribution in [-0.2, 0) is 19.7 Å². The lowest BCUT2D eigenvalue weighted by Gasteiger charge is -2.51. The second-order valence-corrected chi connectivity index (χ2v) is 9.76. The van der Waals surface area contributed by atoms with E-state index < -0.39 is 41.0 Å². The fourth-order valence-electron chi connectivity index (χ4n) is 5.55. The second kappa shape index (κ2) is 8.64. The highest BCUT2D eigenvalue weighted by Gasteiger charge is 2.67. The van der Waals surface area contributed by atoms with Crippen molar-refractivity contribution < 1.29 is 23.1 Å². The number of carbonyl (C=O) groups excluding carboxylic acids is 2. The summed E-state index contributed by atoms with van der Waals surface area (Å²) in [5, 5.41) is 6.20. The van der Waals surface area contributed by atoms with Crippen molar-refractivity contribution in [2.45, 2.75) is 42.6 Å². The number of allylic oxidation sites excluding steroid dienone is 2. The lowest BCUT2D eigenvalue weighted by atomic mass is 9.56. The van der Waals surface area contributed by atoms with Gasteiger partial charge in [0.2, 0.25) is 11.8 Å². The van der Waals surface area contributed by atoms with Crippen LogP contribution in [0.15, 0.2) is 66.5 Å². The van der Waals surface area contributed by atoms with Crippen LogP contribution in [0.5, 0.6) is 0 Å². The molecule has 5 rings (SSSR count). The normalized spacial score (nSPS) is 31.6. The molecule has 5 unspecified atom stereocenters. The van der Waals surface area contributed by atoms with Gasteiger partial charge in [-0.05, 0) is 60.5 Å². The lowest BCUT2D eigenvalue weighted by Crippen LogP contribution is -2.70. The molecule has 1 aliphatic carbocycles. The van der Waals surface area contributed by atoms with Crippen LogP contribution in [0.25, 0.3) is 0 Å². The van der Waals surface area contributed by atoms with E-state index >= 15 is 8.78 Å². The summed E-state index contributed by atoms with van der Waals surface area (Å²) in [5.41, 5.74) is -3.04. The number of benzene rings is 2. The van der Waals surface area contributed by atoms with Gasteiger partial charge in [0.15, 0.2) is 11.8 Å². The van der Waals surface area contributed by atoms with Crippen LogP contribution in [0.3, 0.4) is 0 Å². The lowest BCUT2D eigenvalue weighted by molar-refractivity contribution is -0.135. The molecule has 5 atom stereocenters. The Kier molecular flexibility index (Phi) is 5.88. The van der Waals surface area contributed by atoms with Crippen LogP contribution in [0.1, 0.15) is 30.4 Å². The average molecular weight is 519 g/mol. The Hall–Kier alpha value is -2.90. The average Bonchev–Trinajstić information content (AvgIpc) is 3.09. The van der Waals surface area contributed by atoms with Crippen molar-refractivity contribution in [1.29, 1.82) is 0 Å². The third-order valence-corrected chi connectivity index (χ3v) is 7.46. The molecule has 0 radical (unpaired) electrons. The summed E-state index contributed by atoms with van der Waals surface area (Å²) in [5.74, 6) is -1.70. The van der Waals surface area contributed by atoms with Crippen molar-refractivity contribution in [3.05, 3.63) is 87.6 Å². The van der Waals surface area contributed by atoms with Crippen molar-refractivity contribution in [2.24, 2.45) is 0 Å². The molecule has 0 aromatic heterocycles. The molecule has 182 valence electrons. The molecule has 2 aromatic rings. The van der Waals surface area contributed by atoms with Gasteiger partial charge < -0.3 is 15.4 Å². The van der Waals surface area contributed by atoms with Gasteiger partial charge in [0.05, 0.1) is 12.6 Å². The number of rotatable bonds is 4. The number of amides is 2. The van der Waals surface area contributed by atoms with E-state index in [-0.39, 0.29) is 18.8 Å². The Bertz CT molecular complexity index is 1280. The summed E-state index contributed by atoms with van der Waals surface area (Å²) >= 11 is 12.4. The van der Waals surface area contributed by atoms with Gasteiger partial charge >= 0.3 is 0 Å². The molecule has 9 heteroatoms. The summed E-state index contributed by atoms with van der Waals surface area (Å²) < 4.78 is 37.8. The van der Waals surface area contributed by atoms with Gasteiger partial charge in [-0.3, -0.25) is 9.59 Å². The topological polar surface area (TPSA) is 67.4 Å². The van der Waals surface area contributed by atoms with E-state index in [0.29, 0.717) is 26.9 Å². The maximum Gasteiger partial charge on any atom is 0.238 e. The number of halogens is 4. The van der Waals surface area contributed by atoms with E-state index in [1.807, 2.05) is 0 Å². The van der Waals surface area contributed by atoms with Crippen molar-refractivity contribution in [2.75, 3.05) is 11.9 Å². The smallest absolute Gasteiger partial charge is 0.238 e. The highest BCUT2D eigenvalue weighted by Crippen LogP contribution is 2.57. The summed E-state index contributed by atoms with van der Waals surface area (Å²) in [6.45, 7) is 2.01. The Morgan fingerprint density at radius 1 is 1.14 bits per heavy atom. The zero-order valence-electron chi connectivity index (χ0n) is 18.7. The molecular weight excluding hydrogens is 497 g/mol. The molecule has 3 aliphatic rings. The Morgan fingerprint density at radius 2 is 1.91 bits per heavy atom. The minimum Gasteiger partial charge on any atom is -0.494 e. The van der Waals surface area contributed by atoms with Crippen LogP contribution >= 0.6 is 23.2 Å². The van der Waals surface area contributed by atoms with E-state index in [4.69, 9.17) is 27.9 Å². The maximum absolute atomic E-state index is 16.8. The molecule has 2 amide bonds. The number of fused-ring (bicyclic) bond motifs is 2. The fraction of sp³-hybridized carbons (Fsp3) is 0.308. The third kappa shape index (κ3) is 3.64. The Balaban J connectivity index is 1.75. The van der Waals surface area contributed by atoms with Gasteiger partial charge in [0, 0.05) is 28.1 Å². The summed E-state index contributed by atoms with van der Waals surface area (Å²) in [6, 6.07) is 9.95. The van der Waals surface area contributed by atoms with E-state index in [1.165, 1.54) is 6.08 Å². The van der Waals surface area contributed by atoms with E-state index in [2.05, 4.69) is 10.6 Å². The molecule has 2 N–H and O–H groups in total. The third-order valence-electron chi connectivity index (χ3n) is 6.99. The first kappa shape index (κ1) is 23.8. The first-order valence-electron chi connectivity index (χ1n) is 11.2. The molecule has 2 aliphatic heterocycles. The molecule has 0 saturated carbocycles. The van der Waals surface area contributed by atoms with Gasteiger partial charge in [-0.2, -0.15) is 0 Å². The SMILES string of the molecule is CCOC1=CC(F)C(F)(C2NC(=O)CC(c3cccc(Cl)c3)C23C(=O)Nc2cc(Cl)ccc23)C=C1. The van der Waals surface area contributed by atoms with Crippen molar-refractivity contribution in [1.82, 2.24) is 5.32 Å². The summed E-state index contributed by atoms with van der Waals surface area (Å²) in [4.78, 5) is 26.8. The molecule has 0 bridgehead atoms. The minimum absolute atomic E-state index is 0.122. The number of ether oxygens (including phenoxy) is 1. The van der Waals surface area contributed by atoms with E-state index in [0.717, 1.165) is 12.2 Å². The van der Waals surface area contributed by atoms with Gasteiger partial charge in [-0.15, -0.1) is 0 Å². The number of nitrogens with one attached hydrogen (secondary N) is 2. The minimum atomic E-state index is -2.74. The molecule has 35 heavy (non-hydrogen) atoms. The van der Waals surface area contributed by atoms with Crippen molar-refractivity contribution >= 4 is 40.7 Å². The number of hydrogen-bond acceptors (Lipinski definition) is 3. The predicted octanol–water partition coefficient (Wildman–Crippen LogP) is 5.39. The molecular formula is C26H22Cl2F2N2O3. The summed E-state index contributed by atoms with van der Waals surface area (Å²) in [7, 11) is 0. The zero-order valence-corrected chi connectivity index (χ0v) is 20.2. The number of alkyl halides is 2. The predicted molar refractivity (Wildman–Crippen MR) is 130 cm³/mol. The highest BCUT2D eigenvalue weighted by atomic mass is 35.5. The largest absolute Gasteiger partial charge is 0.494 e. The first-order chi connectivity index (χ1) is 16.7. The van der Waals surface area contributed by atoms with Crippen LogP contribution in [-0.4, -0.2) is 36.3 Å². The van der Waals surface area contributed by atoms with Gasteiger partial charge in [-0.25, -0.2) is 8.78 Å². The number of anilines is 1. The number of piperidine rings is 1. The highest BCUT2D eigenvalue weighted by molar-refractivity contribution is 6.31. The number of carbonyl (C=O) groups is 2. The monoisotopic (exact) mass is 518 g/mol. The van der Waals surface area contributed by atoms with Crippen LogP contribution in [0.4, 0.5) is 14.5 Å². The van der Waals surface area contributed by atoms with Gasteiger partial charge in [0.25, 0.3) is 0 Å². The van der Waals surface area contributed by atoms with E-state index in [9.17, 15) is 9.59 Å². The van der Waals surface area contributed by atoms with Crippen LogP contribution < -0.4 is 10.6 Å². The first-order valence-corrected chi connectivity index (χ1v) is 12.0. The van der Waals surface area contributed by atoms with Gasteiger partial charge in [0.1, 0.15) is 11.2 Å². The van der Waals surface area contributed by atoms with Crippen molar-refractivity contribution in [3.8, 4) is 0 Å². The molecule has 2 heterocycles. The quantitative estimate of drug-likeness (QED) is 0.569. The molecule has 1 fully saturated rings. The van der Waals surface area contributed by atoms with Crippen LogP contribution in [0.2, 0.25) is 10.0 Å². The number of hydrogen-bond donors (Lipinski definition) is 2. The molecule has 5 nitrogen and oxygen atoms in total. The molecule has 2 aromatic carbocycles. The fourth-order valence-corrected chi connectivity index (χ4v) is 5.92. The zero-order chi connectivity index (χ0) is 25.0. The van der Waals surface area contributed by atoms with Gasteiger partial charge in [-0.1, -0.05) is 41.4 Å². The standard InChI is InChI=1S/C26H22Cl2F2N2O3/c1-2-35-17-8-9-25(30,21(29)12-17)23-26(18-7-6-16(28)11-20(18)31-24(26)34)19(13-22(33)32-23)14-4-3-5-15(27)10-14/h3-12,19,21,23H,2,13H2,1H3,(H,31,34)(H,32,33). The molecule has 1 spiro atoms. The Labute approximate surface area is 211 Å². The Morgan fingerprint density at radius 3 is 2.63 bits per heavy atom. The maximum atomic E-state index is 16.8. The second-order valence-electron chi connectivity index (χ2n) is 8.89. The van der Waals surface area contributed by atoms with Crippen LogP contribution in [0, 0.1) is 0 Å². The van der Waals surface area contributed by atoms with Crippen molar-refractivity contribution in [3.63, 3.8) is 0 Å². The summed E-state index contributed by atoms with van der Waals surface area (Å²) in [6.07, 6.45) is 1.10.